The lowest BCUT2D eigenvalue weighted by Crippen LogP contribution is -1.81. The van der Waals surface area contributed by atoms with Crippen molar-refractivity contribution in [2.24, 2.45) is 0 Å². The van der Waals surface area contributed by atoms with Crippen LogP contribution >= 0.6 is 0 Å². The number of rotatable bonds is 3. The van der Waals surface area contributed by atoms with E-state index in [1.807, 2.05) is 0 Å². The smallest absolute Gasteiger partial charge is 0.0228 e. The predicted octanol–water partition coefficient (Wildman–Crippen LogP) is 3.89. The van der Waals surface area contributed by atoms with Gasteiger partial charge in [0.1, 0.15) is 0 Å². The Morgan fingerprint density at radius 3 is 2.33 bits per heavy atom. The summed E-state index contributed by atoms with van der Waals surface area (Å²) >= 11 is 0. The second-order valence-corrected chi connectivity index (χ2v) is 2.86. The third-order valence-electron chi connectivity index (χ3n) is 1.98. The van der Waals surface area contributed by atoms with Crippen LogP contribution in [0.2, 0.25) is 0 Å². The van der Waals surface area contributed by atoms with Crippen molar-refractivity contribution in [3.05, 3.63) is 42.0 Å². The van der Waals surface area contributed by atoms with Crippen LogP contribution < -0.4 is 0 Å². The SMILES string of the molecule is CCC=C(CC)c1ccccc1. The molecule has 1 aromatic rings. The first-order chi connectivity index (χ1) is 5.88. The summed E-state index contributed by atoms with van der Waals surface area (Å²) in [5.41, 5.74) is 2.82. The molecular formula is C12H16. The van der Waals surface area contributed by atoms with Crippen LogP contribution in [-0.2, 0) is 0 Å². The topological polar surface area (TPSA) is 0 Å². The molecule has 0 amide bonds. The van der Waals surface area contributed by atoms with Gasteiger partial charge in [-0.15, -0.1) is 0 Å². The van der Waals surface area contributed by atoms with Crippen LogP contribution in [0.15, 0.2) is 36.4 Å². The molecule has 1 rings (SSSR count). The Kier molecular flexibility index (Phi) is 3.59. The van der Waals surface area contributed by atoms with Crippen LogP contribution in [0.4, 0.5) is 0 Å². The molecule has 0 aliphatic rings. The van der Waals surface area contributed by atoms with Crippen molar-refractivity contribution in [3.8, 4) is 0 Å². The normalized spacial score (nSPS) is 11.7. The van der Waals surface area contributed by atoms with Gasteiger partial charge in [-0.25, -0.2) is 0 Å². The molecule has 0 aromatic heterocycles. The molecule has 0 fully saturated rings. The standard InChI is InChI=1S/C12H16/c1-3-8-11(4-2)12-9-6-5-7-10-12/h5-10H,3-4H2,1-2H3. The van der Waals surface area contributed by atoms with Gasteiger partial charge >= 0.3 is 0 Å². The molecule has 0 aliphatic carbocycles. The molecule has 0 heteroatoms. The van der Waals surface area contributed by atoms with Crippen molar-refractivity contribution in [1.29, 1.82) is 0 Å². The van der Waals surface area contributed by atoms with Gasteiger partial charge in [0, 0.05) is 0 Å². The van der Waals surface area contributed by atoms with E-state index in [1.54, 1.807) is 0 Å². The van der Waals surface area contributed by atoms with Gasteiger partial charge in [-0.3, -0.25) is 0 Å². The zero-order valence-corrected chi connectivity index (χ0v) is 7.88. The molecule has 1 aromatic carbocycles. The van der Waals surface area contributed by atoms with Gasteiger partial charge in [-0.1, -0.05) is 50.3 Å². The molecule has 12 heavy (non-hydrogen) atoms. The van der Waals surface area contributed by atoms with E-state index in [9.17, 15) is 0 Å². The summed E-state index contributed by atoms with van der Waals surface area (Å²) in [4.78, 5) is 0. The summed E-state index contributed by atoms with van der Waals surface area (Å²) in [6.45, 7) is 4.38. The zero-order chi connectivity index (χ0) is 8.81. The quantitative estimate of drug-likeness (QED) is 0.629. The third-order valence-corrected chi connectivity index (χ3v) is 1.98. The van der Waals surface area contributed by atoms with Gasteiger partial charge < -0.3 is 0 Å². The molecule has 0 unspecified atom stereocenters. The first-order valence-electron chi connectivity index (χ1n) is 4.63. The lowest BCUT2D eigenvalue weighted by Gasteiger charge is -2.03. The Morgan fingerprint density at radius 2 is 1.83 bits per heavy atom. The molecule has 0 atom stereocenters. The predicted molar refractivity (Wildman–Crippen MR) is 55.0 cm³/mol. The van der Waals surface area contributed by atoms with E-state index in [-0.39, 0.29) is 0 Å². The second-order valence-electron chi connectivity index (χ2n) is 2.86. The van der Waals surface area contributed by atoms with E-state index < -0.39 is 0 Å². The van der Waals surface area contributed by atoms with Gasteiger partial charge in [0.15, 0.2) is 0 Å². The average molecular weight is 160 g/mol. The van der Waals surface area contributed by atoms with Gasteiger partial charge in [-0.05, 0) is 24.0 Å². The van der Waals surface area contributed by atoms with E-state index >= 15 is 0 Å². The maximum atomic E-state index is 2.30. The molecule has 0 radical (unpaired) electrons. The van der Waals surface area contributed by atoms with E-state index in [2.05, 4.69) is 50.3 Å². The van der Waals surface area contributed by atoms with Gasteiger partial charge in [-0.2, -0.15) is 0 Å². The third kappa shape index (κ3) is 2.23. The van der Waals surface area contributed by atoms with Crippen LogP contribution in [-0.4, -0.2) is 0 Å². The van der Waals surface area contributed by atoms with Gasteiger partial charge in [0.25, 0.3) is 0 Å². The molecule has 64 valence electrons. The Morgan fingerprint density at radius 1 is 1.17 bits per heavy atom. The van der Waals surface area contributed by atoms with Crippen molar-refractivity contribution in [3.63, 3.8) is 0 Å². The minimum Gasteiger partial charge on any atom is -0.0810 e. The summed E-state index contributed by atoms with van der Waals surface area (Å²) in [6, 6.07) is 10.6. The summed E-state index contributed by atoms with van der Waals surface area (Å²) in [7, 11) is 0. The first kappa shape index (κ1) is 9.05. The molecule has 0 saturated heterocycles. The highest BCUT2D eigenvalue weighted by molar-refractivity contribution is 5.64. The molecule has 0 N–H and O–H groups in total. The molecule has 0 bridgehead atoms. The molecule has 0 nitrogen and oxygen atoms in total. The maximum absolute atomic E-state index is 2.30. The highest BCUT2D eigenvalue weighted by Crippen LogP contribution is 2.17. The second kappa shape index (κ2) is 4.76. The molecule has 0 spiro atoms. The lowest BCUT2D eigenvalue weighted by molar-refractivity contribution is 1.17. The Labute approximate surface area is 74.9 Å². The summed E-state index contributed by atoms with van der Waals surface area (Å²) < 4.78 is 0. The fourth-order valence-corrected chi connectivity index (χ4v) is 1.36. The molecule has 0 aliphatic heterocycles. The minimum atomic E-state index is 1.12. The maximum Gasteiger partial charge on any atom is -0.0228 e. The van der Waals surface area contributed by atoms with Crippen LogP contribution in [0.1, 0.15) is 32.3 Å². The highest BCUT2D eigenvalue weighted by atomic mass is 14.0. The van der Waals surface area contributed by atoms with Crippen molar-refractivity contribution in [2.75, 3.05) is 0 Å². The van der Waals surface area contributed by atoms with E-state index in [4.69, 9.17) is 0 Å². The van der Waals surface area contributed by atoms with E-state index in [1.165, 1.54) is 11.1 Å². The fourth-order valence-electron chi connectivity index (χ4n) is 1.36. The van der Waals surface area contributed by atoms with Gasteiger partial charge in [0.05, 0.1) is 0 Å². The molecule has 0 heterocycles. The zero-order valence-electron chi connectivity index (χ0n) is 7.88. The minimum absolute atomic E-state index is 1.12. The van der Waals surface area contributed by atoms with Crippen molar-refractivity contribution >= 4 is 5.57 Å². The molecular weight excluding hydrogens is 144 g/mol. The van der Waals surface area contributed by atoms with Crippen LogP contribution in [0.3, 0.4) is 0 Å². The summed E-state index contributed by atoms with van der Waals surface area (Å²) in [5.74, 6) is 0. The Hall–Kier alpha value is -1.04. The Balaban J connectivity index is 2.88. The largest absolute Gasteiger partial charge is 0.0810 e. The highest BCUT2D eigenvalue weighted by Gasteiger charge is 1.95. The van der Waals surface area contributed by atoms with Crippen molar-refractivity contribution < 1.29 is 0 Å². The van der Waals surface area contributed by atoms with Gasteiger partial charge in [0.2, 0.25) is 0 Å². The Bertz CT molecular complexity index is 244. The average Bonchev–Trinajstić information content (AvgIpc) is 2.15. The van der Waals surface area contributed by atoms with Crippen molar-refractivity contribution in [2.45, 2.75) is 26.7 Å². The number of hydrogen-bond donors (Lipinski definition) is 0. The number of allylic oxidation sites excluding steroid dienone is 2. The van der Waals surface area contributed by atoms with Crippen LogP contribution in [0, 0.1) is 0 Å². The van der Waals surface area contributed by atoms with Crippen molar-refractivity contribution in [1.82, 2.24) is 0 Å². The van der Waals surface area contributed by atoms with Crippen LogP contribution in [0.25, 0.3) is 5.57 Å². The first-order valence-corrected chi connectivity index (χ1v) is 4.63. The molecule has 0 saturated carbocycles. The summed E-state index contributed by atoms with van der Waals surface area (Å²) in [5, 5.41) is 0. The lowest BCUT2D eigenvalue weighted by atomic mass is 10.0. The number of benzene rings is 1. The van der Waals surface area contributed by atoms with Crippen LogP contribution in [0.5, 0.6) is 0 Å². The monoisotopic (exact) mass is 160 g/mol. The van der Waals surface area contributed by atoms with E-state index in [0.717, 1.165) is 12.8 Å². The number of hydrogen-bond acceptors (Lipinski definition) is 0. The summed E-state index contributed by atoms with van der Waals surface area (Å²) in [6.07, 6.45) is 4.55. The van der Waals surface area contributed by atoms with E-state index in [0.29, 0.717) is 0 Å². The fraction of sp³-hybridized carbons (Fsp3) is 0.333.